The third-order valence-corrected chi connectivity index (χ3v) is 4.45. The van der Waals surface area contributed by atoms with Gasteiger partial charge in [0, 0.05) is 29.4 Å². The number of ether oxygens (including phenoxy) is 1. The van der Waals surface area contributed by atoms with Crippen LogP contribution >= 0.6 is 11.8 Å². The van der Waals surface area contributed by atoms with Gasteiger partial charge in [0.1, 0.15) is 10.8 Å². The summed E-state index contributed by atoms with van der Waals surface area (Å²) in [5.41, 5.74) is 1.73. The molecule has 1 N–H and O–H groups in total. The van der Waals surface area contributed by atoms with Crippen LogP contribution in [0.5, 0.6) is 5.75 Å². The van der Waals surface area contributed by atoms with Crippen LogP contribution in [0.25, 0.3) is 0 Å². The molecule has 1 heterocycles. The SMILES string of the molecule is O=C(Nc1ccc(OC(F)(F)F)cc1)c1cccc(CSc2cnccn2)c1. The maximum absolute atomic E-state index is 12.4. The number of halogens is 3. The van der Waals surface area contributed by atoms with Gasteiger partial charge in [-0.25, -0.2) is 4.98 Å². The maximum Gasteiger partial charge on any atom is 0.573 e. The summed E-state index contributed by atoms with van der Waals surface area (Å²) in [5.74, 6) is -0.104. The molecule has 1 amide bonds. The predicted octanol–water partition coefficient (Wildman–Crippen LogP) is 4.92. The Hall–Kier alpha value is -3.07. The van der Waals surface area contributed by atoms with Crippen molar-refractivity contribution in [3.8, 4) is 5.75 Å². The summed E-state index contributed by atoms with van der Waals surface area (Å²) in [6.07, 6.45) is 0.107. The van der Waals surface area contributed by atoms with E-state index in [1.807, 2.05) is 6.07 Å². The Morgan fingerprint density at radius 2 is 1.89 bits per heavy atom. The Balaban J connectivity index is 1.61. The molecule has 0 saturated carbocycles. The van der Waals surface area contributed by atoms with Crippen molar-refractivity contribution < 1.29 is 22.7 Å². The number of benzene rings is 2. The Morgan fingerprint density at radius 1 is 1.11 bits per heavy atom. The van der Waals surface area contributed by atoms with Gasteiger partial charge in [-0.2, -0.15) is 0 Å². The number of anilines is 1. The van der Waals surface area contributed by atoms with Crippen molar-refractivity contribution in [2.45, 2.75) is 17.1 Å². The van der Waals surface area contributed by atoms with Crippen LogP contribution in [-0.4, -0.2) is 22.2 Å². The van der Waals surface area contributed by atoms with Crippen LogP contribution in [0.1, 0.15) is 15.9 Å². The highest BCUT2D eigenvalue weighted by Crippen LogP contribution is 2.24. The first-order valence-corrected chi connectivity index (χ1v) is 9.02. The predicted molar refractivity (Wildman–Crippen MR) is 99.1 cm³/mol. The number of nitrogens with zero attached hydrogens (tertiary/aromatic N) is 2. The molecule has 9 heteroatoms. The van der Waals surface area contributed by atoms with E-state index in [0.29, 0.717) is 17.0 Å². The number of aromatic nitrogens is 2. The van der Waals surface area contributed by atoms with E-state index in [1.54, 1.807) is 36.8 Å². The molecule has 0 unspecified atom stereocenters. The molecule has 0 aliphatic carbocycles. The molecule has 2 aromatic carbocycles. The fraction of sp³-hybridized carbons (Fsp3) is 0.105. The average molecular weight is 405 g/mol. The van der Waals surface area contributed by atoms with Gasteiger partial charge in [0.05, 0.1) is 6.20 Å². The van der Waals surface area contributed by atoms with Gasteiger partial charge in [-0.05, 0) is 42.0 Å². The topological polar surface area (TPSA) is 64.1 Å². The number of thioether (sulfide) groups is 1. The largest absolute Gasteiger partial charge is 0.573 e. The standard InChI is InChI=1S/C19H14F3N3O2S/c20-19(21,22)27-16-6-4-15(5-7-16)25-18(26)14-3-1-2-13(10-14)12-28-17-11-23-8-9-24-17/h1-11H,12H2,(H,25,26). The van der Waals surface area contributed by atoms with Crippen molar-refractivity contribution in [1.82, 2.24) is 9.97 Å². The molecule has 3 aromatic rings. The molecule has 0 bridgehead atoms. The zero-order valence-corrected chi connectivity index (χ0v) is 15.1. The van der Waals surface area contributed by atoms with E-state index in [1.165, 1.54) is 23.9 Å². The third kappa shape index (κ3) is 5.98. The van der Waals surface area contributed by atoms with Crippen LogP contribution in [0.15, 0.2) is 72.1 Å². The Labute approximate surface area is 163 Å². The first-order chi connectivity index (χ1) is 13.4. The van der Waals surface area contributed by atoms with Crippen molar-refractivity contribution in [3.05, 3.63) is 78.2 Å². The number of rotatable bonds is 6. The molecule has 1 aromatic heterocycles. The molecule has 5 nitrogen and oxygen atoms in total. The van der Waals surface area contributed by atoms with E-state index in [-0.39, 0.29) is 11.7 Å². The van der Waals surface area contributed by atoms with Crippen molar-refractivity contribution in [3.63, 3.8) is 0 Å². The highest BCUT2D eigenvalue weighted by atomic mass is 32.2. The highest BCUT2D eigenvalue weighted by Gasteiger charge is 2.30. The summed E-state index contributed by atoms with van der Waals surface area (Å²) in [6.45, 7) is 0. The third-order valence-electron chi connectivity index (χ3n) is 3.46. The van der Waals surface area contributed by atoms with Gasteiger partial charge in [-0.1, -0.05) is 12.1 Å². The molecular formula is C19H14F3N3O2S. The Kier molecular flexibility index (Phi) is 6.15. The smallest absolute Gasteiger partial charge is 0.406 e. The molecule has 144 valence electrons. The van der Waals surface area contributed by atoms with Crippen LogP contribution in [0.2, 0.25) is 0 Å². The molecule has 0 atom stereocenters. The number of alkyl halides is 3. The summed E-state index contributed by atoms with van der Waals surface area (Å²) >= 11 is 1.49. The fourth-order valence-electron chi connectivity index (χ4n) is 2.26. The number of hydrogen-bond acceptors (Lipinski definition) is 5. The van der Waals surface area contributed by atoms with Gasteiger partial charge in [-0.3, -0.25) is 9.78 Å². The lowest BCUT2D eigenvalue weighted by atomic mass is 10.1. The summed E-state index contributed by atoms with van der Waals surface area (Å²) in [5, 5.41) is 3.42. The van der Waals surface area contributed by atoms with E-state index in [4.69, 9.17) is 0 Å². The van der Waals surface area contributed by atoms with Crippen LogP contribution in [0, 0.1) is 0 Å². The second-order valence-corrected chi connectivity index (χ2v) is 6.55. The Bertz CT molecular complexity index is 935. The molecule has 0 aliphatic heterocycles. The quantitative estimate of drug-likeness (QED) is 0.590. The monoisotopic (exact) mass is 405 g/mol. The summed E-state index contributed by atoms with van der Waals surface area (Å²) < 4.78 is 40.3. The maximum atomic E-state index is 12.4. The van der Waals surface area contributed by atoms with E-state index < -0.39 is 6.36 Å². The van der Waals surface area contributed by atoms with E-state index in [2.05, 4.69) is 20.0 Å². The molecule has 3 rings (SSSR count). The van der Waals surface area contributed by atoms with E-state index in [0.717, 1.165) is 22.7 Å². The molecular weight excluding hydrogens is 391 g/mol. The van der Waals surface area contributed by atoms with E-state index >= 15 is 0 Å². The minimum atomic E-state index is -4.76. The number of amides is 1. The Morgan fingerprint density at radius 3 is 2.57 bits per heavy atom. The minimum absolute atomic E-state index is 0.353. The lowest BCUT2D eigenvalue weighted by Gasteiger charge is -2.10. The van der Waals surface area contributed by atoms with Gasteiger partial charge in [0.25, 0.3) is 5.91 Å². The van der Waals surface area contributed by atoms with Gasteiger partial charge >= 0.3 is 6.36 Å². The average Bonchev–Trinajstić information content (AvgIpc) is 2.68. The van der Waals surface area contributed by atoms with Crippen LogP contribution < -0.4 is 10.1 Å². The minimum Gasteiger partial charge on any atom is -0.406 e. The second-order valence-electron chi connectivity index (χ2n) is 5.56. The normalized spacial score (nSPS) is 11.1. The van der Waals surface area contributed by atoms with Crippen LogP contribution in [0.4, 0.5) is 18.9 Å². The number of carbonyl (C=O) groups excluding carboxylic acids is 1. The molecule has 0 aliphatic rings. The zero-order valence-electron chi connectivity index (χ0n) is 14.3. The van der Waals surface area contributed by atoms with Crippen molar-refractivity contribution in [2.24, 2.45) is 0 Å². The van der Waals surface area contributed by atoms with E-state index in [9.17, 15) is 18.0 Å². The van der Waals surface area contributed by atoms with Gasteiger partial charge in [0.15, 0.2) is 0 Å². The fourth-order valence-corrected chi connectivity index (χ4v) is 3.03. The molecule has 0 saturated heterocycles. The highest BCUT2D eigenvalue weighted by molar-refractivity contribution is 7.98. The summed E-state index contributed by atoms with van der Waals surface area (Å²) in [4.78, 5) is 20.6. The molecule has 28 heavy (non-hydrogen) atoms. The lowest BCUT2D eigenvalue weighted by molar-refractivity contribution is -0.274. The van der Waals surface area contributed by atoms with Crippen LogP contribution in [-0.2, 0) is 5.75 Å². The number of hydrogen-bond donors (Lipinski definition) is 1. The van der Waals surface area contributed by atoms with Crippen LogP contribution in [0.3, 0.4) is 0 Å². The molecule has 0 fully saturated rings. The number of nitrogens with one attached hydrogen (secondary N) is 1. The van der Waals surface area contributed by atoms with Crippen molar-refractivity contribution >= 4 is 23.4 Å². The van der Waals surface area contributed by atoms with Gasteiger partial charge < -0.3 is 10.1 Å². The number of carbonyl (C=O) groups is 1. The molecule has 0 radical (unpaired) electrons. The first-order valence-electron chi connectivity index (χ1n) is 8.04. The van der Waals surface area contributed by atoms with Crippen molar-refractivity contribution in [1.29, 1.82) is 0 Å². The summed E-state index contributed by atoms with van der Waals surface area (Å²) in [7, 11) is 0. The van der Waals surface area contributed by atoms with Gasteiger partial charge in [-0.15, -0.1) is 24.9 Å². The van der Waals surface area contributed by atoms with Gasteiger partial charge in [0.2, 0.25) is 0 Å². The second kappa shape index (κ2) is 8.75. The lowest BCUT2D eigenvalue weighted by Crippen LogP contribution is -2.17. The zero-order chi connectivity index (χ0) is 20.0. The molecule has 0 spiro atoms. The van der Waals surface area contributed by atoms with Crippen molar-refractivity contribution in [2.75, 3.05) is 5.32 Å². The summed E-state index contributed by atoms with van der Waals surface area (Å²) in [6, 6.07) is 12.0. The first kappa shape index (κ1) is 19.7.